The van der Waals surface area contributed by atoms with Gasteiger partial charge >= 0.3 is 17.9 Å². The zero-order valence-electron chi connectivity index (χ0n) is 54.1. The average Bonchev–Trinajstić information content (AvgIpc) is 3.47. The highest BCUT2D eigenvalue weighted by Crippen LogP contribution is 2.18. The molecule has 0 N–H and O–H groups in total. The van der Waals surface area contributed by atoms with Gasteiger partial charge in [-0.25, -0.2) is 0 Å². The molecule has 470 valence electrons. The number of hydrogen-bond donors (Lipinski definition) is 0. The third-order valence-electron chi connectivity index (χ3n) is 15.7. The Hall–Kier alpha value is -3.15. The van der Waals surface area contributed by atoms with Crippen molar-refractivity contribution in [2.45, 2.75) is 374 Å². The minimum atomic E-state index is -0.786. The van der Waals surface area contributed by atoms with Crippen molar-refractivity contribution in [3.8, 4) is 0 Å². The number of allylic oxidation sites excluding steroid dienone is 12. The lowest BCUT2D eigenvalue weighted by Gasteiger charge is -2.18. The van der Waals surface area contributed by atoms with Gasteiger partial charge < -0.3 is 14.2 Å². The quantitative estimate of drug-likeness (QED) is 0.0261. The molecule has 0 bridgehead atoms. The Balaban J connectivity index is 4.25. The first-order valence-electron chi connectivity index (χ1n) is 35.4. The van der Waals surface area contributed by atoms with Crippen LogP contribution in [0.1, 0.15) is 367 Å². The lowest BCUT2D eigenvalue weighted by Crippen LogP contribution is -2.30. The van der Waals surface area contributed by atoms with E-state index in [1.165, 1.54) is 218 Å². The molecule has 0 saturated heterocycles. The van der Waals surface area contributed by atoms with E-state index in [4.69, 9.17) is 14.2 Å². The van der Waals surface area contributed by atoms with Gasteiger partial charge in [-0.1, -0.05) is 338 Å². The summed E-state index contributed by atoms with van der Waals surface area (Å²) >= 11 is 0. The van der Waals surface area contributed by atoms with Crippen molar-refractivity contribution < 1.29 is 28.6 Å². The summed E-state index contributed by atoms with van der Waals surface area (Å²) in [7, 11) is 0. The van der Waals surface area contributed by atoms with Crippen molar-refractivity contribution in [1.82, 2.24) is 0 Å². The zero-order chi connectivity index (χ0) is 58.5. The van der Waals surface area contributed by atoms with Gasteiger partial charge in [0.2, 0.25) is 0 Å². The van der Waals surface area contributed by atoms with Gasteiger partial charge in [-0.3, -0.25) is 14.4 Å². The number of rotatable bonds is 65. The lowest BCUT2D eigenvalue weighted by molar-refractivity contribution is -0.167. The Morgan fingerprint density at radius 1 is 0.259 bits per heavy atom. The largest absolute Gasteiger partial charge is 0.462 e. The second-order valence-electron chi connectivity index (χ2n) is 23.8. The molecule has 0 fully saturated rings. The second kappa shape index (κ2) is 69.3. The van der Waals surface area contributed by atoms with Gasteiger partial charge in [0, 0.05) is 19.3 Å². The molecule has 0 spiro atoms. The van der Waals surface area contributed by atoms with E-state index in [0.717, 1.165) is 109 Å². The highest BCUT2D eigenvalue weighted by molar-refractivity contribution is 5.71. The van der Waals surface area contributed by atoms with Crippen molar-refractivity contribution in [2.24, 2.45) is 0 Å². The first-order chi connectivity index (χ1) is 40.0. The fourth-order valence-corrected chi connectivity index (χ4v) is 10.4. The van der Waals surface area contributed by atoms with E-state index in [1.807, 2.05) is 0 Å². The standard InChI is InChI=1S/C75H134O6/c1-4-7-10-13-16-19-22-25-28-30-32-34-35-36-37-38-39-40-42-43-45-47-50-53-56-59-62-65-68-74(77)80-71-72(70-79-73(76)67-64-61-58-55-52-49-27-24-21-18-15-12-9-6-3)81-75(78)69-66-63-60-57-54-51-48-46-44-41-33-31-29-26-23-20-17-14-11-8-5-2/h8,11,15,17-18,20,24,26-27,29,33,41,72H,4-7,9-10,12-14,16,19,21-23,25,28,30-32,34-40,42-71H2,1-3H3/b11-8-,18-15-,20-17-,27-24-,29-26-,41-33-. The molecule has 0 radical (unpaired) electrons. The van der Waals surface area contributed by atoms with Crippen LogP contribution in [0.25, 0.3) is 0 Å². The maximum atomic E-state index is 12.9. The predicted octanol–water partition coefficient (Wildman–Crippen LogP) is 24.4. The maximum absolute atomic E-state index is 12.9. The van der Waals surface area contributed by atoms with Crippen molar-refractivity contribution in [1.29, 1.82) is 0 Å². The van der Waals surface area contributed by atoms with Crippen LogP contribution in [0.4, 0.5) is 0 Å². The molecule has 0 aromatic heterocycles. The first-order valence-corrected chi connectivity index (χ1v) is 35.4. The van der Waals surface area contributed by atoms with Gasteiger partial charge in [-0.15, -0.1) is 0 Å². The summed E-state index contributed by atoms with van der Waals surface area (Å²) < 4.78 is 17.0. The molecule has 0 aromatic carbocycles. The molecule has 1 unspecified atom stereocenters. The second-order valence-corrected chi connectivity index (χ2v) is 23.8. The minimum absolute atomic E-state index is 0.0801. The Morgan fingerprint density at radius 2 is 0.494 bits per heavy atom. The molecular formula is C75H134O6. The fourth-order valence-electron chi connectivity index (χ4n) is 10.4. The van der Waals surface area contributed by atoms with Crippen LogP contribution in [-0.4, -0.2) is 37.2 Å². The van der Waals surface area contributed by atoms with Gasteiger partial charge in [-0.05, 0) is 83.5 Å². The molecular weight excluding hydrogens is 997 g/mol. The Bertz CT molecular complexity index is 1490. The molecule has 0 aliphatic rings. The van der Waals surface area contributed by atoms with Gasteiger partial charge in [0.25, 0.3) is 0 Å². The average molecular weight is 1130 g/mol. The first kappa shape index (κ1) is 77.9. The third-order valence-corrected chi connectivity index (χ3v) is 15.7. The van der Waals surface area contributed by atoms with E-state index >= 15 is 0 Å². The Morgan fingerprint density at radius 3 is 0.790 bits per heavy atom. The van der Waals surface area contributed by atoms with Crippen LogP contribution in [0.15, 0.2) is 72.9 Å². The van der Waals surface area contributed by atoms with Crippen molar-refractivity contribution in [2.75, 3.05) is 13.2 Å². The summed E-state index contributed by atoms with van der Waals surface area (Å²) in [5.41, 5.74) is 0. The Labute approximate surface area is 503 Å². The number of carbonyl (C=O) groups excluding carboxylic acids is 3. The molecule has 0 aromatic rings. The molecule has 0 rings (SSSR count). The minimum Gasteiger partial charge on any atom is -0.462 e. The number of carbonyl (C=O) groups is 3. The van der Waals surface area contributed by atoms with Crippen molar-refractivity contribution >= 4 is 17.9 Å². The summed E-state index contributed by atoms with van der Waals surface area (Å²) in [4.78, 5) is 38.4. The monoisotopic (exact) mass is 1130 g/mol. The van der Waals surface area contributed by atoms with Gasteiger partial charge in [0.05, 0.1) is 0 Å². The molecule has 1 atom stereocenters. The number of unbranched alkanes of at least 4 members (excludes halogenated alkanes) is 42. The third kappa shape index (κ3) is 67.5. The van der Waals surface area contributed by atoms with E-state index in [9.17, 15) is 14.4 Å². The van der Waals surface area contributed by atoms with E-state index in [1.54, 1.807) is 0 Å². The summed E-state index contributed by atoms with van der Waals surface area (Å²) in [6, 6.07) is 0. The highest BCUT2D eigenvalue weighted by atomic mass is 16.6. The maximum Gasteiger partial charge on any atom is 0.306 e. The zero-order valence-corrected chi connectivity index (χ0v) is 54.1. The molecule has 81 heavy (non-hydrogen) atoms. The summed E-state index contributed by atoms with van der Waals surface area (Å²) in [5, 5.41) is 0. The van der Waals surface area contributed by atoms with E-state index in [0.29, 0.717) is 19.3 Å². The number of esters is 3. The van der Waals surface area contributed by atoms with E-state index < -0.39 is 6.10 Å². The molecule has 0 aliphatic heterocycles. The van der Waals surface area contributed by atoms with Crippen molar-refractivity contribution in [3.63, 3.8) is 0 Å². The number of ether oxygens (including phenoxy) is 3. The van der Waals surface area contributed by atoms with Gasteiger partial charge in [0.15, 0.2) is 6.10 Å². The summed E-state index contributed by atoms with van der Waals surface area (Å²) in [5.74, 6) is -0.883. The van der Waals surface area contributed by atoms with Crippen LogP contribution in [0.5, 0.6) is 0 Å². The van der Waals surface area contributed by atoms with E-state index in [2.05, 4.69) is 93.7 Å². The number of hydrogen-bond acceptors (Lipinski definition) is 6. The van der Waals surface area contributed by atoms with Crippen LogP contribution >= 0.6 is 0 Å². The molecule has 0 heterocycles. The Kier molecular flexibility index (Phi) is 66.6. The van der Waals surface area contributed by atoms with Crippen LogP contribution in [0.2, 0.25) is 0 Å². The van der Waals surface area contributed by atoms with Crippen LogP contribution in [0, 0.1) is 0 Å². The lowest BCUT2D eigenvalue weighted by atomic mass is 10.0. The summed E-state index contributed by atoms with van der Waals surface area (Å²) in [6.45, 7) is 6.53. The summed E-state index contributed by atoms with van der Waals surface area (Å²) in [6.07, 6.45) is 90.8. The van der Waals surface area contributed by atoms with Crippen LogP contribution in [-0.2, 0) is 28.6 Å². The fraction of sp³-hybridized carbons (Fsp3) is 0.800. The highest BCUT2D eigenvalue weighted by Gasteiger charge is 2.19. The SMILES string of the molecule is CC/C=C\C/C=C\C/C=C\C/C=C\CCCCCCCCCCC(=O)OC(COC(=O)CCCCCCC/C=C\C/C=C\CCCC)COC(=O)CCCCCCCCCCCCCCCCCCCCCCCCCCCCCC. The van der Waals surface area contributed by atoms with E-state index in [-0.39, 0.29) is 31.1 Å². The molecule has 0 aliphatic carbocycles. The molecule has 6 nitrogen and oxygen atoms in total. The van der Waals surface area contributed by atoms with Crippen LogP contribution < -0.4 is 0 Å². The normalized spacial score (nSPS) is 12.5. The predicted molar refractivity (Wildman–Crippen MR) is 353 cm³/mol. The molecule has 0 saturated carbocycles. The van der Waals surface area contributed by atoms with Crippen LogP contribution in [0.3, 0.4) is 0 Å². The molecule has 6 heteroatoms. The smallest absolute Gasteiger partial charge is 0.306 e. The topological polar surface area (TPSA) is 78.9 Å². The molecule has 0 amide bonds. The van der Waals surface area contributed by atoms with Gasteiger partial charge in [0.1, 0.15) is 13.2 Å². The van der Waals surface area contributed by atoms with Crippen molar-refractivity contribution in [3.05, 3.63) is 72.9 Å². The van der Waals surface area contributed by atoms with Gasteiger partial charge in [-0.2, -0.15) is 0 Å².